The Kier molecular flexibility index (Phi) is 7.33. The van der Waals surface area contributed by atoms with E-state index >= 15 is 0 Å². The molecule has 3 nitrogen and oxygen atoms in total. The van der Waals surface area contributed by atoms with Crippen LogP contribution in [0.2, 0.25) is 0 Å². The Morgan fingerprint density at radius 2 is 1.59 bits per heavy atom. The number of thioether (sulfide) groups is 1. The van der Waals surface area contributed by atoms with Gasteiger partial charge in [0.15, 0.2) is 0 Å². The second kappa shape index (κ2) is 9.28. The third-order valence-electron chi connectivity index (χ3n) is 4.28. The van der Waals surface area contributed by atoms with E-state index in [0.717, 1.165) is 16.0 Å². The molecular formula is C20H23F3N2OS. The molecule has 0 aliphatic heterocycles. The highest BCUT2D eigenvalue weighted by atomic mass is 32.2. The third kappa shape index (κ3) is 5.74. The molecule has 0 heterocycles. The molecule has 27 heavy (non-hydrogen) atoms. The molecule has 146 valence electrons. The topological polar surface area (TPSA) is 55.1 Å². The zero-order valence-corrected chi connectivity index (χ0v) is 16.0. The predicted octanol–water partition coefficient (Wildman–Crippen LogP) is 4.92. The summed E-state index contributed by atoms with van der Waals surface area (Å²) in [5.41, 5.74) is 7.05. The summed E-state index contributed by atoms with van der Waals surface area (Å²) < 4.78 is 40.7. The largest absolute Gasteiger partial charge is 0.407 e. The van der Waals surface area contributed by atoms with Gasteiger partial charge in [0.2, 0.25) is 5.91 Å². The molecule has 2 rings (SSSR count). The molecule has 0 saturated carbocycles. The van der Waals surface area contributed by atoms with E-state index in [9.17, 15) is 18.0 Å². The van der Waals surface area contributed by atoms with Crippen molar-refractivity contribution in [3.05, 3.63) is 54.1 Å². The summed E-state index contributed by atoms with van der Waals surface area (Å²) in [5, 5.41) is 2.38. The lowest BCUT2D eigenvalue weighted by atomic mass is 9.99. The maximum absolute atomic E-state index is 13.6. The average Bonchev–Trinajstić information content (AvgIpc) is 2.64. The molecule has 3 N–H and O–H groups in total. The maximum Gasteiger partial charge on any atom is 0.407 e. The fraction of sp³-hybridized carbons (Fsp3) is 0.350. The van der Waals surface area contributed by atoms with E-state index in [2.05, 4.69) is 5.32 Å². The Morgan fingerprint density at radius 1 is 1.07 bits per heavy atom. The highest BCUT2D eigenvalue weighted by Gasteiger charge is 2.42. The second-order valence-electron chi connectivity index (χ2n) is 6.24. The minimum Gasteiger partial charge on any atom is -0.368 e. The van der Waals surface area contributed by atoms with Crippen LogP contribution < -0.4 is 11.1 Å². The Morgan fingerprint density at radius 3 is 2.00 bits per heavy atom. The quantitative estimate of drug-likeness (QED) is 0.623. The van der Waals surface area contributed by atoms with Gasteiger partial charge < -0.3 is 5.73 Å². The Balaban J connectivity index is 2.27. The Labute approximate surface area is 161 Å². The zero-order valence-electron chi connectivity index (χ0n) is 15.2. The molecule has 0 fully saturated rings. The Hall–Kier alpha value is -1.99. The van der Waals surface area contributed by atoms with E-state index in [1.165, 1.54) is 12.1 Å². The van der Waals surface area contributed by atoms with Gasteiger partial charge in [-0.2, -0.15) is 13.2 Å². The number of hydrogen-bond donors (Lipinski definition) is 2. The molecule has 0 saturated heterocycles. The van der Waals surface area contributed by atoms with Crippen LogP contribution in [0, 0.1) is 0 Å². The van der Waals surface area contributed by atoms with Gasteiger partial charge in [0.1, 0.15) is 6.04 Å². The van der Waals surface area contributed by atoms with E-state index in [0.29, 0.717) is 6.42 Å². The molecule has 0 bridgehead atoms. The first-order valence-corrected chi connectivity index (χ1v) is 9.85. The van der Waals surface area contributed by atoms with Crippen molar-refractivity contribution < 1.29 is 18.0 Å². The molecular weight excluding hydrogens is 373 g/mol. The van der Waals surface area contributed by atoms with Crippen LogP contribution in [-0.4, -0.2) is 24.4 Å². The first-order chi connectivity index (χ1) is 12.8. The van der Waals surface area contributed by atoms with Crippen LogP contribution in [0.15, 0.2) is 53.4 Å². The van der Waals surface area contributed by atoms with Crippen molar-refractivity contribution in [2.24, 2.45) is 5.73 Å². The molecule has 0 aliphatic rings. The maximum atomic E-state index is 13.6. The highest BCUT2D eigenvalue weighted by Crippen LogP contribution is 2.34. The molecule has 0 spiro atoms. The monoisotopic (exact) mass is 396 g/mol. The number of nitrogens with two attached hydrogens (primary N) is 1. The number of hydrogen-bond acceptors (Lipinski definition) is 3. The minimum absolute atomic E-state index is 0.0503. The summed E-state index contributed by atoms with van der Waals surface area (Å²) in [6.07, 6.45) is -1.76. The van der Waals surface area contributed by atoms with E-state index in [1.54, 1.807) is 30.8 Å². The number of amides is 1. The minimum atomic E-state index is -4.54. The first-order valence-electron chi connectivity index (χ1n) is 8.62. The van der Waals surface area contributed by atoms with Crippen molar-refractivity contribution in [2.45, 2.75) is 42.9 Å². The summed E-state index contributed by atoms with van der Waals surface area (Å²) in [6.45, 7) is 1.79. The van der Waals surface area contributed by atoms with Gasteiger partial charge in [-0.05, 0) is 41.5 Å². The summed E-state index contributed by atoms with van der Waals surface area (Å²) in [4.78, 5) is 12.6. The normalized spacial score (nSPS) is 14.0. The smallest absolute Gasteiger partial charge is 0.368 e. The van der Waals surface area contributed by atoms with Crippen molar-refractivity contribution in [3.63, 3.8) is 0 Å². The standard InChI is InChI=1S/C20H23F3N2OS/c1-3-4-17(19(24)26)25-18(20(21,22)23)15-7-5-13(6-8-15)14-9-11-16(27-2)12-10-14/h5-12,17-18,25H,3-4H2,1-2H3,(H2,24,26)/t17-,18-/m0/s1. The van der Waals surface area contributed by atoms with Gasteiger partial charge in [0.25, 0.3) is 0 Å². The van der Waals surface area contributed by atoms with Gasteiger partial charge in [-0.3, -0.25) is 10.1 Å². The van der Waals surface area contributed by atoms with Gasteiger partial charge in [-0.1, -0.05) is 49.7 Å². The molecule has 0 aromatic heterocycles. The van der Waals surface area contributed by atoms with E-state index in [4.69, 9.17) is 5.73 Å². The van der Waals surface area contributed by atoms with Gasteiger partial charge in [-0.25, -0.2) is 0 Å². The molecule has 2 aromatic carbocycles. The number of carbonyl (C=O) groups excluding carboxylic acids is 1. The fourth-order valence-corrected chi connectivity index (χ4v) is 3.24. The molecule has 7 heteroatoms. The van der Waals surface area contributed by atoms with Crippen LogP contribution >= 0.6 is 11.8 Å². The zero-order chi connectivity index (χ0) is 20.0. The first kappa shape index (κ1) is 21.3. The van der Waals surface area contributed by atoms with Crippen LogP contribution in [-0.2, 0) is 4.79 Å². The lowest BCUT2D eigenvalue weighted by molar-refractivity contribution is -0.160. The third-order valence-corrected chi connectivity index (χ3v) is 5.03. The number of benzene rings is 2. The van der Waals surface area contributed by atoms with Crippen molar-refractivity contribution in [1.82, 2.24) is 5.32 Å². The molecule has 2 atom stereocenters. The second-order valence-corrected chi connectivity index (χ2v) is 7.12. The van der Waals surface area contributed by atoms with E-state index in [-0.39, 0.29) is 12.0 Å². The number of alkyl halides is 3. The van der Waals surface area contributed by atoms with Gasteiger partial charge in [-0.15, -0.1) is 11.8 Å². The van der Waals surface area contributed by atoms with Crippen molar-refractivity contribution >= 4 is 17.7 Å². The van der Waals surface area contributed by atoms with Gasteiger partial charge in [0.05, 0.1) is 6.04 Å². The lowest BCUT2D eigenvalue weighted by Gasteiger charge is -2.26. The summed E-state index contributed by atoms with van der Waals surface area (Å²) in [5.74, 6) is -0.781. The van der Waals surface area contributed by atoms with Crippen molar-refractivity contribution in [3.8, 4) is 11.1 Å². The fourth-order valence-electron chi connectivity index (χ4n) is 2.83. The molecule has 0 aliphatic carbocycles. The van der Waals surface area contributed by atoms with Crippen LogP contribution in [0.4, 0.5) is 13.2 Å². The van der Waals surface area contributed by atoms with Crippen LogP contribution in [0.5, 0.6) is 0 Å². The number of halogens is 3. The average molecular weight is 396 g/mol. The number of carbonyl (C=O) groups is 1. The van der Waals surface area contributed by atoms with Gasteiger partial charge >= 0.3 is 6.18 Å². The van der Waals surface area contributed by atoms with Gasteiger partial charge in [0, 0.05) is 4.90 Å². The van der Waals surface area contributed by atoms with Crippen LogP contribution in [0.1, 0.15) is 31.4 Å². The van der Waals surface area contributed by atoms with Crippen molar-refractivity contribution in [1.29, 1.82) is 0 Å². The van der Waals surface area contributed by atoms with E-state index in [1.807, 2.05) is 30.5 Å². The molecule has 0 unspecified atom stereocenters. The highest BCUT2D eigenvalue weighted by molar-refractivity contribution is 7.98. The van der Waals surface area contributed by atoms with Crippen molar-refractivity contribution in [2.75, 3.05) is 6.26 Å². The molecule has 0 radical (unpaired) electrons. The lowest BCUT2D eigenvalue weighted by Crippen LogP contribution is -2.47. The number of nitrogens with one attached hydrogen (secondary N) is 1. The summed E-state index contributed by atoms with van der Waals surface area (Å²) >= 11 is 1.62. The Bertz CT molecular complexity index is 745. The van der Waals surface area contributed by atoms with Crippen LogP contribution in [0.3, 0.4) is 0 Å². The summed E-state index contributed by atoms with van der Waals surface area (Å²) in [7, 11) is 0. The SMILES string of the molecule is CCC[C@H](N[C@@H](c1ccc(-c2ccc(SC)cc2)cc1)C(F)(F)F)C(N)=O. The molecule has 1 amide bonds. The summed E-state index contributed by atoms with van der Waals surface area (Å²) in [6, 6.07) is 11.0. The van der Waals surface area contributed by atoms with E-state index < -0.39 is 24.2 Å². The number of rotatable bonds is 8. The predicted molar refractivity (Wildman–Crippen MR) is 103 cm³/mol. The number of primary amides is 1. The molecule has 2 aromatic rings. The van der Waals surface area contributed by atoms with Crippen LogP contribution in [0.25, 0.3) is 11.1 Å².